The molecule has 120 valence electrons. The molecule has 2 rings (SSSR count). The smallest absolute Gasteiger partial charge is 0.381 e. The summed E-state index contributed by atoms with van der Waals surface area (Å²) >= 11 is 0. The number of hydrogen-bond donors (Lipinski definition) is 2. The minimum Gasteiger partial charge on any atom is -0.481 e. The average Bonchev–Trinajstić information content (AvgIpc) is 2.97. The number of amides is 1. The Kier molecular flexibility index (Phi) is 4.43. The van der Waals surface area contributed by atoms with Gasteiger partial charge in [-0.2, -0.15) is 0 Å². The Morgan fingerprint density at radius 3 is 2.64 bits per heavy atom. The molecule has 22 heavy (non-hydrogen) atoms. The zero-order valence-electron chi connectivity index (χ0n) is 12.2. The van der Waals surface area contributed by atoms with Gasteiger partial charge in [-0.25, -0.2) is 0 Å². The number of nitro groups is 1. The summed E-state index contributed by atoms with van der Waals surface area (Å²) in [6, 6.07) is 0. The molecule has 0 atom stereocenters. The minimum atomic E-state index is -0.948. The summed E-state index contributed by atoms with van der Waals surface area (Å²) in [6.45, 7) is 1.46. The number of aromatic nitrogens is 2. The Bertz CT molecular complexity index is 604. The van der Waals surface area contributed by atoms with Crippen molar-refractivity contribution in [1.82, 2.24) is 14.9 Å². The summed E-state index contributed by atoms with van der Waals surface area (Å²) in [5.41, 5.74) is -0.705. The van der Waals surface area contributed by atoms with Crippen LogP contribution in [-0.2, 0) is 16.1 Å². The van der Waals surface area contributed by atoms with Crippen molar-refractivity contribution in [3.63, 3.8) is 0 Å². The molecule has 0 unspecified atom stereocenters. The lowest BCUT2D eigenvalue weighted by Gasteiger charge is -2.28. The first-order chi connectivity index (χ1) is 10.3. The van der Waals surface area contributed by atoms with Gasteiger partial charge in [0.05, 0.1) is 12.0 Å². The van der Waals surface area contributed by atoms with Crippen LogP contribution in [-0.4, -0.2) is 37.0 Å². The molecule has 1 fully saturated rings. The van der Waals surface area contributed by atoms with Gasteiger partial charge in [-0.15, -0.1) is 0 Å². The Labute approximate surface area is 126 Å². The van der Waals surface area contributed by atoms with Gasteiger partial charge in [0.15, 0.2) is 0 Å². The molecule has 1 saturated carbocycles. The predicted octanol–water partition coefficient (Wildman–Crippen LogP) is 1.00. The monoisotopic (exact) mass is 310 g/mol. The molecule has 0 bridgehead atoms. The number of rotatable bonds is 6. The molecular formula is C13H18N4O5. The van der Waals surface area contributed by atoms with Crippen LogP contribution >= 0.6 is 0 Å². The van der Waals surface area contributed by atoms with Crippen LogP contribution in [0.5, 0.6) is 0 Å². The standard InChI is InChI=1S/C13H18N4O5/c1-9-14-10(17(21)22)7-16(9)8-11(18)15-13(6-12(19)20)4-2-3-5-13/h7H,2-6,8H2,1H3,(H,15,18)(H,19,20). The van der Waals surface area contributed by atoms with Crippen molar-refractivity contribution in [2.75, 3.05) is 0 Å². The van der Waals surface area contributed by atoms with E-state index in [4.69, 9.17) is 5.11 Å². The second-order valence-corrected chi connectivity index (χ2v) is 5.64. The van der Waals surface area contributed by atoms with E-state index in [1.807, 2.05) is 0 Å². The van der Waals surface area contributed by atoms with E-state index in [1.54, 1.807) is 6.92 Å². The first kappa shape index (κ1) is 15.9. The summed E-state index contributed by atoms with van der Waals surface area (Å²) in [5, 5.41) is 22.5. The average molecular weight is 310 g/mol. The van der Waals surface area contributed by atoms with E-state index in [-0.39, 0.29) is 24.7 Å². The molecule has 0 aromatic carbocycles. The maximum Gasteiger partial charge on any atom is 0.381 e. The van der Waals surface area contributed by atoms with Gasteiger partial charge in [0.2, 0.25) is 11.7 Å². The molecule has 9 heteroatoms. The fourth-order valence-electron chi connectivity index (χ4n) is 2.92. The first-order valence-corrected chi connectivity index (χ1v) is 7.02. The number of carbonyl (C=O) groups is 2. The largest absolute Gasteiger partial charge is 0.481 e. The quantitative estimate of drug-likeness (QED) is 0.596. The third kappa shape index (κ3) is 3.60. The Balaban J connectivity index is 2.05. The number of aryl methyl sites for hydroxylation is 1. The summed E-state index contributed by atoms with van der Waals surface area (Å²) < 4.78 is 1.39. The van der Waals surface area contributed by atoms with E-state index < -0.39 is 16.4 Å². The number of carboxylic acid groups (broad SMARTS) is 1. The topological polar surface area (TPSA) is 127 Å². The van der Waals surface area contributed by atoms with Crippen molar-refractivity contribution in [3.05, 3.63) is 22.1 Å². The summed E-state index contributed by atoms with van der Waals surface area (Å²) in [5.74, 6) is -1.26. The van der Waals surface area contributed by atoms with Gasteiger partial charge < -0.3 is 20.5 Å². The van der Waals surface area contributed by atoms with Gasteiger partial charge in [-0.1, -0.05) is 12.8 Å². The van der Waals surface area contributed by atoms with Crippen LogP contribution in [0.1, 0.15) is 37.9 Å². The van der Waals surface area contributed by atoms with Crippen molar-refractivity contribution in [2.24, 2.45) is 0 Å². The molecular weight excluding hydrogens is 292 g/mol. The second-order valence-electron chi connectivity index (χ2n) is 5.64. The lowest BCUT2D eigenvalue weighted by atomic mass is 9.93. The number of nitrogens with zero attached hydrogens (tertiary/aromatic N) is 3. The van der Waals surface area contributed by atoms with E-state index >= 15 is 0 Å². The lowest BCUT2D eigenvalue weighted by Crippen LogP contribution is -2.48. The first-order valence-electron chi connectivity index (χ1n) is 7.02. The molecule has 1 aromatic rings. The molecule has 0 aliphatic heterocycles. The third-order valence-corrected chi connectivity index (χ3v) is 3.92. The van der Waals surface area contributed by atoms with Crippen LogP contribution in [0, 0.1) is 17.0 Å². The number of nitrogens with one attached hydrogen (secondary N) is 1. The Hall–Kier alpha value is -2.45. The molecule has 0 saturated heterocycles. The fraction of sp³-hybridized carbons (Fsp3) is 0.615. The van der Waals surface area contributed by atoms with Gasteiger partial charge in [0.25, 0.3) is 0 Å². The zero-order valence-corrected chi connectivity index (χ0v) is 12.2. The molecule has 0 spiro atoms. The molecule has 2 N–H and O–H groups in total. The van der Waals surface area contributed by atoms with Crippen molar-refractivity contribution in [3.8, 4) is 0 Å². The van der Waals surface area contributed by atoms with Crippen molar-refractivity contribution < 1.29 is 19.6 Å². The van der Waals surface area contributed by atoms with Crippen LogP contribution in [0.15, 0.2) is 6.20 Å². The van der Waals surface area contributed by atoms with Crippen molar-refractivity contribution >= 4 is 17.7 Å². The van der Waals surface area contributed by atoms with Gasteiger partial charge in [0, 0.05) is 6.92 Å². The van der Waals surface area contributed by atoms with Gasteiger partial charge in [0.1, 0.15) is 12.7 Å². The molecule has 0 radical (unpaired) electrons. The SMILES string of the molecule is Cc1nc([N+](=O)[O-])cn1CC(=O)NC1(CC(=O)O)CCCC1. The van der Waals surface area contributed by atoms with Gasteiger partial charge in [-0.3, -0.25) is 14.2 Å². The number of carboxylic acids is 1. The van der Waals surface area contributed by atoms with Crippen LogP contribution in [0.2, 0.25) is 0 Å². The Morgan fingerprint density at radius 2 is 2.14 bits per heavy atom. The van der Waals surface area contributed by atoms with Crippen LogP contribution in [0.25, 0.3) is 0 Å². The summed E-state index contributed by atoms with van der Waals surface area (Å²) in [7, 11) is 0. The highest BCUT2D eigenvalue weighted by molar-refractivity contribution is 5.78. The van der Waals surface area contributed by atoms with E-state index in [0.29, 0.717) is 18.7 Å². The number of carbonyl (C=O) groups excluding carboxylic acids is 1. The Morgan fingerprint density at radius 1 is 1.50 bits per heavy atom. The molecule has 9 nitrogen and oxygen atoms in total. The number of aliphatic carboxylic acids is 1. The predicted molar refractivity (Wildman–Crippen MR) is 75.2 cm³/mol. The molecule has 1 aliphatic rings. The van der Waals surface area contributed by atoms with E-state index in [0.717, 1.165) is 12.8 Å². The van der Waals surface area contributed by atoms with Crippen molar-refractivity contribution in [1.29, 1.82) is 0 Å². The fourth-order valence-corrected chi connectivity index (χ4v) is 2.92. The molecule has 1 aromatic heterocycles. The maximum atomic E-state index is 12.2. The van der Waals surface area contributed by atoms with E-state index in [1.165, 1.54) is 10.8 Å². The molecule has 1 heterocycles. The van der Waals surface area contributed by atoms with Crippen LogP contribution in [0.4, 0.5) is 5.82 Å². The molecule has 1 aliphatic carbocycles. The summed E-state index contributed by atoms with van der Waals surface area (Å²) in [6.07, 6.45) is 4.11. The highest BCUT2D eigenvalue weighted by atomic mass is 16.6. The number of imidazole rings is 1. The lowest BCUT2D eigenvalue weighted by molar-refractivity contribution is -0.389. The minimum absolute atomic E-state index is 0.109. The van der Waals surface area contributed by atoms with E-state index in [9.17, 15) is 19.7 Å². The normalized spacial score (nSPS) is 16.4. The molecule has 1 amide bonds. The summed E-state index contributed by atoms with van der Waals surface area (Å²) in [4.78, 5) is 37.0. The van der Waals surface area contributed by atoms with Crippen LogP contribution < -0.4 is 5.32 Å². The maximum absolute atomic E-state index is 12.2. The van der Waals surface area contributed by atoms with E-state index in [2.05, 4.69) is 10.3 Å². The van der Waals surface area contributed by atoms with Crippen molar-refractivity contribution in [2.45, 2.75) is 51.1 Å². The van der Waals surface area contributed by atoms with Gasteiger partial charge in [-0.05, 0) is 22.7 Å². The second kappa shape index (κ2) is 6.12. The number of hydrogen-bond acceptors (Lipinski definition) is 5. The third-order valence-electron chi connectivity index (χ3n) is 3.92. The van der Waals surface area contributed by atoms with Gasteiger partial charge >= 0.3 is 11.8 Å². The zero-order chi connectivity index (χ0) is 16.3. The van der Waals surface area contributed by atoms with Crippen LogP contribution in [0.3, 0.4) is 0 Å². The highest BCUT2D eigenvalue weighted by Crippen LogP contribution is 2.32. The highest BCUT2D eigenvalue weighted by Gasteiger charge is 2.37.